The molecule has 0 aromatic carbocycles. The minimum atomic E-state index is -1.10. The lowest BCUT2D eigenvalue weighted by molar-refractivity contribution is 0.0899. The molecule has 0 aliphatic rings. The Morgan fingerprint density at radius 3 is 2.67 bits per heavy atom. The van der Waals surface area contributed by atoms with Crippen LogP contribution in [0.15, 0.2) is 31.0 Å². The van der Waals surface area contributed by atoms with Crippen LogP contribution in [0.4, 0.5) is 0 Å². The average Bonchev–Trinajstić information content (AvgIpc) is 3.28. The fourth-order valence-electron chi connectivity index (χ4n) is 3.39. The molecule has 0 aliphatic heterocycles. The second-order valence-electron chi connectivity index (χ2n) is 10.0. The first-order chi connectivity index (χ1) is 14.1. The van der Waals surface area contributed by atoms with Gasteiger partial charge in [0.05, 0.1) is 30.4 Å². The van der Waals surface area contributed by atoms with E-state index in [1.54, 1.807) is 6.33 Å². The largest absolute Gasteiger partial charge is 0.361 e. The first-order valence-corrected chi connectivity index (χ1v) is 14.1. The molecule has 0 amide bonds. The van der Waals surface area contributed by atoms with Crippen molar-refractivity contribution >= 4 is 19.1 Å². The Morgan fingerprint density at radius 1 is 1.23 bits per heavy atom. The molecule has 0 saturated heterocycles. The van der Waals surface area contributed by atoms with Gasteiger partial charge in [0.15, 0.2) is 0 Å². The van der Waals surface area contributed by atoms with Gasteiger partial charge in [-0.25, -0.2) is 9.97 Å². The first kappa shape index (κ1) is 22.2. The molecule has 7 nitrogen and oxygen atoms in total. The number of nitriles is 1. The summed E-state index contributed by atoms with van der Waals surface area (Å²) in [5.41, 5.74) is 2.55. The predicted octanol–water partition coefficient (Wildman–Crippen LogP) is 5.11. The van der Waals surface area contributed by atoms with E-state index in [-0.39, 0.29) is 11.5 Å². The van der Waals surface area contributed by atoms with Gasteiger partial charge >= 0.3 is 0 Å². The van der Waals surface area contributed by atoms with E-state index >= 15 is 0 Å². The van der Waals surface area contributed by atoms with Crippen molar-refractivity contribution < 1.29 is 4.74 Å². The molecular weight excluding hydrogens is 392 g/mol. The van der Waals surface area contributed by atoms with Gasteiger partial charge in [-0.3, -0.25) is 4.68 Å². The standard InChI is InChI=1S/C22H32N6OSi/c1-22(2,3)19(7-9-23)28-14-17(13-26-28)20-18-8-10-27(21(18)25-15-24-20)16-29-11-12-30(4,5)6/h8,10,13-15,19H,7,11-12,16H2,1-6H3/t19-/m0/s1. The monoisotopic (exact) mass is 424 g/mol. The Bertz CT molecular complexity index is 1030. The fourth-order valence-corrected chi connectivity index (χ4v) is 4.15. The van der Waals surface area contributed by atoms with Crippen molar-refractivity contribution in [2.24, 2.45) is 5.41 Å². The number of hydrogen-bond acceptors (Lipinski definition) is 5. The maximum Gasteiger partial charge on any atom is 0.145 e. The molecule has 1 atom stereocenters. The molecule has 30 heavy (non-hydrogen) atoms. The maximum absolute atomic E-state index is 9.24. The van der Waals surface area contributed by atoms with Gasteiger partial charge in [-0.05, 0) is 17.5 Å². The highest BCUT2D eigenvalue weighted by Gasteiger charge is 2.27. The molecule has 3 aromatic rings. The third-order valence-electron chi connectivity index (χ3n) is 5.26. The lowest BCUT2D eigenvalue weighted by atomic mass is 9.85. The highest BCUT2D eigenvalue weighted by Crippen LogP contribution is 2.34. The van der Waals surface area contributed by atoms with Gasteiger partial charge in [0.1, 0.15) is 18.7 Å². The maximum atomic E-state index is 9.24. The summed E-state index contributed by atoms with van der Waals surface area (Å²) in [5.74, 6) is 0. The van der Waals surface area contributed by atoms with Crippen LogP contribution in [0.3, 0.4) is 0 Å². The van der Waals surface area contributed by atoms with Crippen LogP contribution in [0.25, 0.3) is 22.3 Å². The normalized spacial score (nSPS) is 13.5. The third kappa shape index (κ3) is 5.15. The minimum Gasteiger partial charge on any atom is -0.361 e. The third-order valence-corrected chi connectivity index (χ3v) is 6.97. The Hall–Kier alpha value is -2.50. The molecule has 0 N–H and O–H groups in total. The van der Waals surface area contributed by atoms with Crippen LogP contribution in [-0.4, -0.2) is 39.0 Å². The molecule has 8 heteroatoms. The Balaban J connectivity index is 1.84. The van der Waals surface area contributed by atoms with E-state index < -0.39 is 8.07 Å². The van der Waals surface area contributed by atoms with Crippen LogP contribution in [0, 0.1) is 16.7 Å². The van der Waals surface area contributed by atoms with Gasteiger partial charge in [0, 0.05) is 38.0 Å². The van der Waals surface area contributed by atoms with Gasteiger partial charge in [-0.1, -0.05) is 40.4 Å². The van der Waals surface area contributed by atoms with E-state index in [4.69, 9.17) is 4.74 Å². The molecule has 0 spiro atoms. The Labute approximate surface area is 179 Å². The molecule has 0 saturated carbocycles. The molecule has 3 heterocycles. The average molecular weight is 425 g/mol. The molecule has 160 valence electrons. The van der Waals surface area contributed by atoms with Gasteiger partial charge < -0.3 is 9.30 Å². The van der Waals surface area contributed by atoms with Crippen LogP contribution in [0.1, 0.15) is 33.2 Å². The summed E-state index contributed by atoms with van der Waals surface area (Å²) < 4.78 is 9.81. The minimum absolute atomic E-state index is 0.00190. The van der Waals surface area contributed by atoms with Crippen LogP contribution in [-0.2, 0) is 11.5 Å². The predicted molar refractivity (Wildman–Crippen MR) is 122 cm³/mol. The number of hydrogen-bond donors (Lipinski definition) is 0. The molecular formula is C22H32N6OSi. The van der Waals surface area contributed by atoms with E-state index in [2.05, 4.69) is 61.5 Å². The topological polar surface area (TPSA) is 81.5 Å². The zero-order chi connectivity index (χ0) is 21.9. The summed E-state index contributed by atoms with van der Waals surface area (Å²) in [6.45, 7) is 14.7. The van der Waals surface area contributed by atoms with E-state index in [1.807, 2.05) is 33.9 Å². The molecule has 0 unspecified atom stereocenters. The van der Waals surface area contributed by atoms with Crippen LogP contribution in [0.5, 0.6) is 0 Å². The second-order valence-corrected chi connectivity index (χ2v) is 15.7. The smallest absolute Gasteiger partial charge is 0.145 e. The van der Waals surface area contributed by atoms with Gasteiger partial charge in [0.25, 0.3) is 0 Å². The number of ether oxygens (including phenoxy) is 1. The number of fused-ring (bicyclic) bond motifs is 1. The summed E-state index contributed by atoms with van der Waals surface area (Å²) in [6.07, 6.45) is 7.80. The van der Waals surface area contributed by atoms with E-state index in [1.165, 1.54) is 0 Å². The number of aromatic nitrogens is 5. The molecule has 3 aromatic heterocycles. The van der Waals surface area contributed by atoms with Crippen LogP contribution >= 0.6 is 0 Å². The van der Waals surface area contributed by atoms with Crippen molar-refractivity contribution in [1.29, 1.82) is 5.26 Å². The van der Waals surface area contributed by atoms with Crippen molar-refractivity contribution in [3.63, 3.8) is 0 Å². The summed E-state index contributed by atoms with van der Waals surface area (Å²) in [5, 5.41) is 14.8. The van der Waals surface area contributed by atoms with E-state index in [0.29, 0.717) is 13.2 Å². The van der Waals surface area contributed by atoms with Gasteiger partial charge in [-0.2, -0.15) is 10.4 Å². The SMILES string of the molecule is CC(C)(C)[C@H](CC#N)n1cc(-c2ncnc3c2ccn3COCC[Si](C)(C)C)cn1. The fraction of sp³-hybridized carbons (Fsp3) is 0.545. The molecule has 0 bridgehead atoms. The van der Waals surface area contributed by atoms with Crippen molar-refractivity contribution in [2.45, 2.75) is 65.6 Å². The highest BCUT2D eigenvalue weighted by molar-refractivity contribution is 6.76. The Kier molecular flexibility index (Phi) is 6.43. The zero-order valence-corrected chi connectivity index (χ0v) is 19.9. The number of nitrogens with zero attached hydrogens (tertiary/aromatic N) is 6. The molecule has 3 rings (SSSR count). The van der Waals surface area contributed by atoms with Crippen molar-refractivity contribution in [3.8, 4) is 17.3 Å². The number of rotatable bonds is 8. The summed E-state index contributed by atoms with van der Waals surface area (Å²) in [6, 6.07) is 5.46. The second kappa shape index (κ2) is 8.70. The molecule has 0 radical (unpaired) electrons. The lowest BCUT2D eigenvalue weighted by Gasteiger charge is -2.28. The van der Waals surface area contributed by atoms with E-state index in [0.717, 1.165) is 34.9 Å². The Morgan fingerprint density at radius 2 is 2.00 bits per heavy atom. The molecule has 0 aliphatic carbocycles. The summed E-state index contributed by atoms with van der Waals surface area (Å²) >= 11 is 0. The van der Waals surface area contributed by atoms with Crippen molar-refractivity contribution in [3.05, 3.63) is 31.0 Å². The highest BCUT2D eigenvalue weighted by atomic mass is 28.3. The van der Waals surface area contributed by atoms with Crippen LogP contribution < -0.4 is 0 Å². The van der Waals surface area contributed by atoms with Gasteiger partial charge in [0.2, 0.25) is 0 Å². The van der Waals surface area contributed by atoms with Crippen molar-refractivity contribution in [2.75, 3.05) is 6.61 Å². The first-order valence-electron chi connectivity index (χ1n) is 10.4. The molecule has 0 fully saturated rings. The van der Waals surface area contributed by atoms with Gasteiger partial charge in [-0.15, -0.1) is 0 Å². The quantitative estimate of drug-likeness (QED) is 0.371. The van der Waals surface area contributed by atoms with Crippen LogP contribution in [0.2, 0.25) is 25.7 Å². The van der Waals surface area contributed by atoms with Crippen molar-refractivity contribution in [1.82, 2.24) is 24.3 Å². The summed E-state index contributed by atoms with van der Waals surface area (Å²) in [7, 11) is -1.10. The summed E-state index contributed by atoms with van der Waals surface area (Å²) in [4.78, 5) is 9.00. The zero-order valence-electron chi connectivity index (χ0n) is 18.9. The van der Waals surface area contributed by atoms with E-state index in [9.17, 15) is 5.26 Å². The lowest BCUT2D eigenvalue weighted by Crippen LogP contribution is -2.24.